The Morgan fingerprint density at radius 1 is 1.42 bits per heavy atom. The van der Waals surface area contributed by atoms with Crippen molar-refractivity contribution in [1.29, 1.82) is 0 Å². The number of nitrogens with zero attached hydrogens (tertiary/aromatic N) is 2. The van der Waals surface area contributed by atoms with Crippen molar-refractivity contribution < 1.29 is 4.79 Å². The maximum Gasteiger partial charge on any atom is 0.182 e. The van der Waals surface area contributed by atoms with Crippen molar-refractivity contribution in [2.75, 3.05) is 0 Å². The van der Waals surface area contributed by atoms with E-state index in [4.69, 9.17) is 17.3 Å². The van der Waals surface area contributed by atoms with E-state index in [0.717, 1.165) is 31.2 Å². The summed E-state index contributed by atoms with van der Waals surface area (Å²) in [5.41, 5.74) is 7.42. The van der Waals surface area contributed by atoms with E-state index in [9.17, 15) is 4.79 Å². The molecule has 100 valence electrons. The fourth-order valence-corrected chi connectivity index (χ4v) is 3.08. The molecule has 0 aromatic carbocycles. The van der Waals surface area contributed by atoms with E-state index < -0.39 is 0 Å². The van der Waals surface area contributed by atoms with Gasteiger partial charge in [0.1, 0.15) is 0 Å². The molecule has 2 unspecified atom stereocenters. The minimum Gasteiger partial charge on any atom is -0.328 e. The highest BCUT2D eigenvalue weighted by Crippen LogP contribution is 2.27. The summed E-state index contributed by atoms with van der Waals surface area (Å²) >= 11 is 6.07. The molecule has 19 heavy (non-hydrogen) atoms. The van der Waals surface area contributed by atoms with Gasteiger partial charge in [0.05, 0.1) is 23.7 Å². The van der Waals surface area contributed by atoms with Crippen LogP contribution in [0.1, 0.15) is 36.2 Å². The zero-order valence-corrected chi connectivity index (χ0v) is 11.3. The van der Waals surface area contributed by atoms with Crippen LogP contribution in [-0.4, -0.2) is 21.2 Å². The minimum atomic E-state index is 0.00724. The molecule has 0 amide bonds. The summed E-state index contributed by atoms with van der Waals surface area (Å²) in [5.74, 6) is 0.133. The third-order valence-electron chi connectivity index (χ3n) is 3.83. The molecule has 4 nitrogen and oxygen atoms in total. The average Bonchev–Trinajstić information content (AvgIpc) is 2.85. The lowest BCUT2D eigenvalue weighted by molar-refractivity contribution is 0.0875. The lowest BCUT2D eigenvalue weighted by Gasteiger charge is -2.25. The predicted molar refractivity (Wildman–Crippen MR) is 74.5 cm³/mol. The Kier molecular flexibility index (Phi) is 3.29. The Bertz CT molecular complexity index is 622. The number of pyridine rings is 1. The lowest BCUT2D eigenvalue weighted by Crippen LogP contribution is -2.32. The molecule has 0 radical (unpaired) electrons. The highest BCUT2D eigenvalue weighted by atomic mass is 35.5. The molecular formula is C14H16ClN3O. The maximum atomic E-state index is 12.6. The highest BCUT2D eigenvalue weighted by molar-refractivity contribution is 6.31. The van der Waals surface area contributed by atoms with Gasteiger partial charge in [-0.15, -0.1) is 0 Å². The van der Waals surface area contributed by atoms with E-state index in [0.29, 0.717) is 10.7 Å². The summed E-state index contributed by atoms with van der Waals surface area (Å²) in [6, 6.07) is 3.66. The summed E-state index contributed by atoms with van der Waals surface area (Å²) in [4.78, 5) is 16.7. The number of imidazole rings is 1. The number of Topliss-reactive ketones (excluding diaryl/α,β-unsaturated/α-hetero) is 1. The predicted octanol–water partition coefficient (Wildman–Crippen LogP) is 2.69. The van der Waals surface area contributed by atoms with Crippen molar-refractivity contribution in [2.45, 2.75) is 31.7 Å². The number of ketones is 1. The second kappa shape index (κ2) is 4.94. The van der Waals surface area contributed by atoms with Gasteiger partial charge >= 0.3 is 0 Å². The summed E-state index contributed by atoms with van der Waals surface area (Å²) < 4.78 is 1.80. The first-order valence-corrected chi connectivity index (χ1v) is 6.94. The van der Waals surface area contributed by atoms with Gasteiger partial charge in [0, 0.05) is 17.0 Å². The molecule has 2 aromatic heterocycles. The summed E-state index contributed by atoms with van der Waals surface area (Å²) in [6.07, 6.45) is 7.07. The maximum absolute atomic E-state index is 12.6. The zero-order chi connectivity index (χ0) is 13.4. The molecule has 0 spiro atoms. The van der Waals surface area contributed by atoms with Crippen LogP contribution in [0.3, 0.4) is 0 Å². The number of aromatic nitrogens is 2. The normalized spacial score (nSPS) is 23.7. The first-order chi connectivity index (χ1) is 9.15. The van der Waals surface area contributed by atoms with Crippen molar-refractivity contribution >= 4 is 22.9 Å². The fourth-order valence-electron chi connectivity index (χ4n) is 2.86. The molecule has 1 aliphatic rings. The van der Waals surface area contributed by atoms with Crippen LogP contribution in [0.15, 0.2) is 24.7 Å². The van der Waals surface area contributed by atoms with Gasteiger partial charge in [0.15, 0.2) is 5.78 Å². The Hall–Kier alpha value is -1.39. The summed E-state index contributed by atoms with van der Waals surface area (Å²) in [6.45, 7) is 0. The SMILES string of the molecule is NC1CCCC(C(=O)c2cc(Cl)cc3cncn23)C1. The number of rotatable bonds is 2. The van der Waals surface area contributed by atoms with Crippen molar-refractivity contribution in [2.24, 2.45) is 11.7 Å². The van der Waals surface area contributed by atoms with Crippen molar-refractivity contribution in [1.82, 2.24) is 9.38 Å². The summed E-state index contributed by atoms with van der Waals surface area (Å²) in [7, 11) is 0. The number of carbonyl (C=O) groups excluding carboxylic acids is 1. The highest BCUT2D eigenvalue weighted by Gasteiger charge is 2.27. The van der Waals surface area contributed by atoms with Gasteiger partial charge < -0.3 is 5.73 Å². The van der Waals surface area contributed by atoms with Crippen LogP contribution in [0.5, 0.6) is 0 Å². The van der Waals surface area contributed by atoms with E-state index in [1.54, 1.807) is 29.1 Å². The summed E-state index contributed by atoms with van der Waals surface area (Å²) in [5, 5.41) is 0.566. The van der Waals surface area contributed by atoms with Gasteiger partial charge in [-0.3, -0.25) is 9.20 Å². The van der Waals surface area contributed by atoms with Crippen LogP contribution in [0.2, 0.25) is 5.02 Å². The van der Waals surface area contributed by atoms with Gasteiger partial charge in [0.2, 0.25) is 0 Å². The molecule has 0 bridgehead atoms. The molecular weight excluding hydrogens is 262 g/mol. The van der Waals surface area contributed by atoms with Gasteiger partial charge in [-0.25, -0.2) is 4.98 Å². The number of halogens is 1. The van der Waals surface area contributed by atoms with Crippen LogP contribution in [0.4, 0.5) is 0 Å². The molecule has 3 rings (SSSR count). The number of carbonyl (C=O) groups is 1. The van der Waals surface area contributed by atoms with Gasteiger partial charge in [-0.1, -0.05) is 18.0 Å². The van der Waals surface area contributed by atoms with Crippen LogP contribution in [0, 0.1) is 5.92 Å². The van der Waals surface area contributed by atoms with Gasteiger partial charge in [-0.2, -0.15) is 0 Å². The Morgan fingerprint density at radius 3 is 3.05 bits per heavy atom. The first-order valence-electron chi connectivity index (χ1n) is 6.56. The van der Waals surface area contributed by atoms with Crippen molar-refractivity contribution in [3.63, 3.8) is 0 Å². The van der Waals surface area contributed by atoms with Gasteiger partial charge in [0.25, 0.3) is 0 Å². The van der Waals surface area contributed by atoms with Crippen molar-refractivity contribution in [3.8, 4) is 0 Å². The lowest BCUT2D eigenvalue weighted by atomic mass is 9.82. The molecule has 2 N–H and O–H groups in total. The van der Waals surface area contributed by atoms with Gasteiger partial charge in [-0.05, 0) is 31.4 Å². The molecule has 1 fully saturated rings. The minimum absolute atomic E-state index is 0.00724. The Labute approximate surface area is 116 Å². The molecule has 2 atom stereocenters. The largest absolute Gasteiger partial charge is 0.328 e. The van der Waals surface area contributed by atoms with E-state index in [1.807, 2.05) is 0 Å². The number of hydrogen-bond acceptors (Lipinski definition) is 3. The molecule has 5 heteroatoms. The first kappa shape index (κ1) is 12.6. The molecule has 1 saturated carbocycles. The second-order valence-electron chi connectivity index (χ2n) is 5.24. The molecule has 2 aromatic rings. The average molecular weight is 278 g/mol. The topological polar surface area (TPSA) is 60.4 Å². The number of fused-ring (bicyclic) bond motifs is 1. The monoisotopic (exact) mass is 277 g/mol. The molecule has 1 aliphatic carbocycles. The van der Waals surface area contributed by atoms with Crippen LogP contribution >= 0.6 is 11.6 Å². The quantitative estimate of drug-likeness (QED) is 0.859. The Morgan fingerprint density at radius 2 is 2.26 bits per heavy atom. The van der Waals surface area contributed by atoms with E-state index in [2.05, 4.69) is 4.98 Å². The smallest absolute Gasteiger partial charge is 0.182 e. The number of nitrogens with two attached hydrogens (primary N) is 1. The zero-order valence-electron chi connectivity index (χ0n) is 10.6. The fraction of sp³-hybridized carbons (Fsp3) is 0.429. The van der Waals surface area contributed by atoms with Crippen LogP contribution in [-0.2, 0) is 0 Å². The van der Waals surface area contributed by atoms with E-state index in [-0.39, 0.29) is 17.7 Å². The molecule has 0 aliphatic heterocycles. The molecule has 2 heterocycles. The van der Waals surface area contributed by atoms with Crippen LogP contribution < -0.4 is 5.73 Å². The van der Waals surface area contributed by atoms with Crippen molar-refractivity contribution in [3.05, 3.63) is 35.4 Å². The van der Waals surface area contributed by atoms with E-state index in [1.165, 1.54) is 0 Å². The Balaban J connectivity index is 1.99. The van der Waals surface area contributed by atoms with Crippen LogP contribution in [0.25, 0.3) is 5.52 Å². The third-order valence-corrected chi connectivity index (χ3v) is 4.04. The number of hydrogen-bond donors (Lipinski definition) is 1. The molecule has 0 saturated heterocycles. The van der Waals surface area contributed by atoms with E-state index >= 15 is 0 Å². The standard InChI is InChI=1S/C14H16ClN3O/c15-10-5-12-7-17-8-18(12)13(6-10)14(19)9-2-1-3-11(16)4-9/h5-9,11H,1-4,16H2. The second-order valence-corrected chi connectivity index (χ2v) is 5.67. The third kappa shape index (κ3) is 2.38.